The molecule has 3 aromatic rings. The Morgan fingerprint density at radius 1 is 1.12 bits per heavy atom. The van der Waals surface area contributed by atoms with Gasteiger partial charge in [0.2, 0.25) is 0 Å². The number of methoxy groups -OCH3 is 1. The number of ether oxygens (including phenoxy) is 1. The zero-order chi connectivity index (χ0) is 23.1. The molecule has 0 radical (unpaired) electrons. The van der Waals surface area contributed by atoms with E-state index in [1.165, 1.54) is 42.7 Å². The van der Waals surface area contributed by atoms with E-state index < -0.39 is 26.5 Å². The fraction of sp³-hybridized carbons (Fsp3) is 0.0500. The predicted octanol–water partition coefficient (Wildman–Crippen LogP) is 3.62. The van der Waals surface area contributed by atoms with Crippen LogP contribution >= 0.6 is 11.3 Å². The van der Waals surface area contributed by atoms with E-state index in [2.05, 4.69) is 15.6 Å². The van der Waals surface area contributed by atoms with Crippen molar-refractivity contribution in [1.82, 2.24) is 5.43 Å². The zero-order valence-electron chi connectivity index (χ0n) is 16.6. The highest BCUT2D eigenvalue weighted by Crippen LogP contribution is 2.30. The molecule has 0 saturated carbocycles. The molecule has 0 unspecified atom stereocenters. The molecule has 2 aromatic carbocycles. The summed E-state index contributed by atoms with van der Waals surface area (Å²) in [4.78, 5) is 23.2. The maximum atomic E-state index is 12.7. The summed E-state index contributed by atoms with van der Waals surface area (Å²) in [6.07, 6.45) is 2.86. The zero-order valence-corrected chi connectivity index (χ0v) is 18.3. The standard InChI is InChI=1S/C20H18N4O6S2/c1-30-19-7-3-2-6-17(19)23-32(28,29)15-9-10-16(18(13-15)24(26)27)21-22-20(25)11-8-14-5-4-12-31-14/h2-13,21,23H,1H3,(H,22,25)/b11-8+. The number of para-hydroxylation sites is 2. The van der Waals surface area contributed by atoms with Crippen LogP contribution < -0.4 is 20.3 Å². The summed E-state index contributed by atoms with van der Waals surface area (Å²) in [6.45, 7) is 0. The maximum absolute atomic E-state index is 12.7. The molecule has 0 atom stereocenters. The number of benzene rings is 2. The summed E-state index contributed by atoms with van der Waals surface area (Å²) in [7, 11) is -2.75. The van der Waals surface area contributed by atoms with Crippen molar-refractivity contribution in [3.63, 3.8) is 0 Å². The topological polar surface area (TPSA) is 140 Å². The number of carbonyl (C=O) groups excluding carboxylic acids is 1. The molecular weight excluding hydrogens is 456 g/mol. The van der Waals surface area contributed by atoms with Gasteiger partial charge in [-0.3, -0.25) is 30.5 Å². The molecule has 0 fully saturated rings. The molecule has 0 aliphatic rings. The van der Waals surface area contributed by atoms with Crippen LogP contribution in [0.1, 0.15) is 4.88 Å². The Balaban J connectivity index is 1.78. The fourth-order valence-corrected chi connectivity index (χ4v) is 4.29. The van der Waals surface area contributed by atoms with Crippen LogP contribution in [-0.4, -0.2) is 26.4 Å². The molecule has 0 saturated heterocycles. The van der Waals surface area contributed by atoms with Crippen LogP contribution in [0, 0.1) is 10.1 Å². The molecule has 1 aromatic heterocycles. The first-order valence-electron chi connectivity index (χ1n) is 9.02. The first-order chi connectivity index (χ1) is 15.3. The molecule has 3 N–H and O–H groups in total. The number of carbonyl (C=O) groups is 1. The number of anilines is 2. The van der Waals surface area contributed by atoms with Crippen molar-refractivity contribution < 1.29 is 22.9 Å². The fourth-order valence-electron chi connectivity index (χ4n) is 2.58. The minimum atomic E-state index is -4.14. The van der Waals surface area contributed by atoms with E-state index >= 15 is 0 Å². The molecule has 0 bridgehead atoms. The Kier molecular flexibility index (Phi) is 7.07. The maximum Gasteiger partial charge on any atom is 0.295 e. The van der Waals surface area contributed by atoms with Gasteiger partial charge in [-0.15, -0.1) is 11.3 Å². The second-order valence-electron chi connectivity index (χ2n) is 6.20. The van der Waals surface area contributed by atoms with Gasteiger partial charge in [0.15, 0.2) is 0 Å². The summed E-state index contributed by atoms with van der Waals surface area (Å²) >= 11 is 1.45. The smallest absolute Gasteiger partial charge is 0.295 e. The summed E-state index contributed by atoms with van der Waals surface area (Å²) in [5, 5.41) is 13.3. The van der Waals surface area contributed by atoms with Crippen LogP contribution in [0.5, 0.6) is 5.75 Å². The van der Waals surface area contributed by atoms with Gasteiger partial charge in [-0.1, -0.05) is 18.2 Å². The number of hydrazine groups is 1. The van der Waals surface area contributed by atoms with E-state index in [-0.39, 0.29) is 16.3 Å². The highest BCUT2D eigenvalue weighted by atomic mass is 32.2. The molecular formula is C20H18N4O6S2. The predicted molar refractivity (Wildman–Crippen MR) is 122 cm³/mol. The van der Waals surface area contributed by atoms with E-state index in [0.717, 1.165) is 10.9 Å². The minimum Gasteiger partial charge on any atom is -0.495 e. The third-order valence-electron chi connectivity index (χ3n) is 4.09. The van der Waals surface area contributed by atoms with E-state index in [0.29, 0.717) is 5.75 Å². The highest BCUT2D eigenvalue weighted by Gasteiger charge is 2.22. The molecule has 166 valence electrons. The number of sulfonamides is 1. The van der Waals surface area contributed by atoms with Gasteiger partial charge in [0, 0.05) is 17.0 Å². The molecule has 3 rings (SSSR count). The average Bonchev–Trinajstić information content (AvgIpc) is 3.30. The van der Waals surface area contributed by atoms with Gasteiger partial charge in [-0.05, 0) is 41.8 Å². The Bertz CT molecular complexity index is 1260. The van der Waals surface area contributed by atoms with E-state index in [4.69, 9.17) is 4.74 Å². The Morgan fingerprint density at radius 2 is 1.91 bits per heavy atom. The number of amides is 1. The molecule has 1 amide bonds. The lowest BCUT2D eigenvalue weighted by Gasteiger charge is -2.12. The SMILES string of the molecule is COc1ccccc1NS(=O)(=O)c1ccc(NNC(=O)/C=C/c2cccs2)c([N+](=O)[O-])c1. The Morgan fingerprint density at radius 3 is 2.59 bits per heavy atom. The van der Waals surface area contributed by atoms with Crippen LogP contribution in [0.15, 0.2) is 70.9 Å². The summed E-state index contributed by atoms with van der Waals surface area (Å²) in [6, 6.07) is 13.3. The summed E-state index contributed by atoms with van der Waals surface area (Å²) in [5.74, 6) is -0.246. The second-order valence-corrected chi connectivity index (χ2v) is 8.87. The number of nitro groups is 1. The van der Waals surface area contributed by atoms with E-state index in [9.17, 15) is 23.3 Å². The van der Waals surface area contributed by atoms with Crippen LogP contribution in [-0.2, 0) is 14.8 Å². The average molecular weight is 475 g/mol. The monoisotopic (exact) mass is 474 g/mol. The highest BCUT2D eigenvalue weighted by molar-refractivity contribution is 7.92. The molecule has 12 heteroatoms. The summed E-state index contributed by atoms with van der Waals surface area (Å²) < 4.78 is 32.9. The molecule has 0 aliphatic heterocycles. The number of hydrogen-bond acceptors (Lipinski definition) is 8. The quantitative estimate of drug-likeness (QED) is 0.244. The van der Waals surface area contributed by atoms with Crippen LogP contribution in [0.3, 0.4) is 0 Å². The largest absolute Gasteiger partial charge is 0.495 e. The van der Waals surface area contributed by atoms with Gasteiger partial charge < -0.3 is 4.74 Å². The van der Waals surface area contributed by atoms with Crippen molar-refractivity contribution >= 4 is 50.4 Å². The first kappa shape index (κ1) is 22.8. The lowest BCUT2D eigenvalue weighted by molar-refractivity contribution is -0.384. The number of thiophene rings is 1. The van der Waals surface area contributed by atoms with Crippen LogP contribution in [0.4, 0.5) is 17.1 Å². The number of rotatable bonds is 9. The van der Waals surface area contributed by atoms with Crippen LogP contribution in [0.25, 0.3) is 6.08 Å². The van der Waals surface area contributed by atoms with Crippen molar-refractivity contribution in [2.24, 2.45) is 0 Å². The van der Waals surface area contributed by atoms with Crippen molar-refractivity contribution in [2.45, 2.75) is 4.90 Å². The minimum absolute atomic E-state index is 0.0795. The van der Waals surface area contributed by atoms with Gasteiger partial charge in [0.05, 0.1) is 22.6 Å². The van der Waals surface area contributed by atoms with Crippen molar-refractivity contribution in [2.75, 3.05) is 17.3 Å². The third kappa shape index (κ3) is 5.62. The lowest BCUT2D eigenvalue weighted by atomic mass is 10.3. The number of hydrogen-bond donors (Lipinski definition) is 3. The van der Waals surface area contributed by atoms with Gasteiger partial charge in [-0.25, -0.2) is 8.42 Å². The number of nitro benzene ring substituents is 1. The summed E-state index contributed by atoms with van der Waals surface area (Å²) in [5.41, 5.74) is 4.33. The van der Waals surface area contributed by atoms with E-state index in [1.807, 2.05) is 17.5 Å². The van der Waals surface area contributed by atoms with Gasteiger partial charge in [-0.2, -0.15) is 0 Å². The van der Waals surface area contributed by atoms with Gasteiger partial charge >= 0.3 is 0 Å². The van der Waals surface area contributed by atoms with Crippen molar-refractivity contribution in [1.29, 1.82) is 0 Å². The van der Waals surface area contributed by atoms with Gasteiger partial charge in [0.25, 0.3) is 21.6 Å². The van der Waals surface area contributed by atoms with Crippen molar-refractivity contribution in [3.05, 3.63) is 81.0 Å². The third-order valence-corrected chi connectivity index (χ3v) is 6.29. The lowest BCUT2D eigenvalue weighted by Crippen LogP contribution is -2.28. The van der Waals surface area contributed by atoms with Gasteiger partial charge in [0.1, 0.15) is 11.4 Å². The molecule has 32 heavy (non-hydrogen) atoms. The molecule has 0 aliphatic carbocycles. The second kappa shape index (κ2) is 9.94. The Labute approximate surface area is 187 Å². The molecule has 10 nitrogen and oxygen atoms in total. The first-order valence-corrected chi connectivity index (χ1v) is 11.4. The molecule has 1 heterocycles. The normalized spacial score (nSPS) is 11.2. The van der Waals surface area contributed by atoms with E-state index in [1.54, 1.807) is 24.3 Å². The van der Waals surface area contributed by atoms with Crippen LogP contribution in [0.2, 0.25) is 0 Å². The Hall–Kier alpha value is -3.90. The molecule has 0 spiro atoms. The number of nitrogens with zero attached hydrogens (tertiary/aromatic N) is 1. The van der Waals surface area contributed by atoms with Crippen molar-refractivity contribution in [3.8, 4) is 5.75 Å². The number of nitrogens with one attached hydrogen (secondary N) is 3.